The Morgan fingerprint density at radius 3 is 2.33 bits per heavy atom. The molecule has 1 N–H and O–H groups in total. The molecule has 2 fully saturated rings. The van der Waals surface area contributed by atoms with E-state index in [4.69, 9.17) is 0 Å². The molecule has 2 unspecified atom stereocenters. The molecule has 0 bridgehead atoms. The van der Waals surface area contributed by atoms with Crippen LogP contribution in [0.1, 0.15) is 45.4 Å². The normalized spacial score (nSPS) is 38.8. The van der Waals surface area contributed by atoms with Crippen molar-refractivity contribution in [2.75, 3.05) is 6.54 Å². The fourth-order valence-corrected chi connectivity index (χ4v) is 3.09. The van der Waals surface area contributed by atoms with Crippen molar-refractivity contribution in [3.63, 3.8) is 0 Å². The van der Waals surface area contributed by atoms with E-state index in [-0.39, 0.29) is 0 Å². The summed E-state index contributed by atoms with van der Waals surface area (Å²) in [4.78, 5) is 0. The lowest BCUT2D eigenvalue weighted by atomic mass is 9.77. The molecule has 0 amide bonds. The number of hydrogen-bond donors (Lipinski definition) is 1. The van der Waals surface area contributed by atoms with Gasteiger partial charge in [0.2, 0.25) is 0 Å². The van der Waals surface area contributed by atoms with Crippen molar-refractivity contribution in [1.29, 1.82) is 0 Å². The minimum absolute atomic E-state index is 0.799. The van der Waals surface area contributed by atoms with Crippen LogP contribution in [0.4, 0.5) is 0 Å². The van der Waals surface area contributed by atoms with Gasteiger partial charge in [0.05, 0.1) is 0 Å². The van der Waals surface area contributed by atoms with Crippen LogP contribution in [0.15, 0.2) is 0 Å². The molecule has 1 aliphatic carbocycles. The molecule has 0 radical (unpaired) electrons. The second kappa shape index (κ2) is 3.78. The van der Waals surface area contributed by atoms with Crippen molar-refractivity contribution in [2.45, 2.75) is 51.5 Å². The van der Waals surface area contributed by atoms with Gasteiger partial charge in [-0.05, 0) is 31.7 Å². The summed E-state index contributed by atoms with van der Waals surface area (Å²) in [5.74, 6) is 2.06. The molecule has 1 heteroatoms. The van der Waals surface area contributed by atoms with Gasteiger partial charge >= 0.3 is 0 Å². The maximum atomic E-state index is 3.57. The maximum Gasteiger partial charge on any atom is 0.00701 e. The predicted octanol–water partition coefficient (Wildman–Crippen LogP) is 2.56. The molecule has 0 aromatic carbocycles. The van der Waals surface area contributed by atoms with Gasteiger partial charge in [-0.2, -0.15) is 0 Å². The summed E-state index contributed by atoms with van der Waals surface area (Å²) in [7, 11) is 0. The first kappa shape index (κ1) is 8.55. The maximum absolute atomic E-state index is 3.57. The lowest BCUT2D eigenvalue weighted by Crippen LogP contribution is -2.29. The molecule has 1 nitrogen and oxygen atoms in total. The highest BCUT2D eigenvalue weighted by Gasteiger charge is 2.30. The van der Waals surface area contributed by atoms with E-state index in [1.807, 2.05) is 0 Å². The van der Waals surface area contributed by atoms with Crippen molar-refractivity contribution >= 4 is 0 Å². The zero-order valence-corrected chi connectivity index (χ0v) is 8.18. The average Bonchev–Trinajstić information content (AvgIpc) is 2.53. The van der Waals surface area contributed by atoms with Gasteiger partial charge in [0, 0.05) is 6.04 Å². The largest absolute Gasteiger partial charge is 0.314 e. The van der Waals surface area contributed by atoms with Gasteiger partial charge < -0.3 is 5.32 Å². The Hall–Kier alpha value is -0.0400. The van der Waals surface area contributed by atoms with Crippen molar-refractivity contribution in [2.24, 2.45) is 11.8 Å². The van der Waals surface area contributed by atoms with Crippen molar-refractivity contribution in [1.82, 2.24) is 5.32 Å². The Balaban J connectivity index is 1.89. The Labute approximate surface area is 75.9 Å². The van der Waals surface area contributed by atoms with Gasteiger partial charge in [-0.3, -0.25) is 0 Å². The molecular formula is C11H21N. The second-order valence-electron chi connectivity index (χ2n) is 4.59. The van der Waals surface area contributed by atoms with Crippen molar-refractivity contribution < 1.29 is 0 Å². The Morgan fingerprint density at radius 2 is 1.75 bits per heavy atom. The fraction of sp³-hybridized carbons (Fsp3) is 1.00. The molecule has 70 valence electrons. The molecule has 0 aromatic heterocycles. The zero-order chi connectivity index (χ0) is 8.39. The second-order valence-corrected chi connectivity index (χ2v) is 4.59. The molecule has 1 saturated carbocycles. The van der Waals surface area contributed by atoms with Crippen LogP contribution in [0.3, 0.4) is 0 Å². The van der Waals surface area contributed by atoms with Gasteiger partial charge in [0.15, 0.2) is 0 Å². The molecule has 2 atom stereocenters. The minimum Gasteiger partial charge on any atom is -0.314 e. The molecule has 1 saturated heterocycles. The van der Waals surface area contributed by atoms with Crippen molar-refractivity contribution in [3.8, 4) is 0 Å². The van der Waals surface area contributed by atoms with Crippen LogP contribution in [0.2, 0.25) is 0 Å². The third-order valence-corrected chi connectivity index (χ3v) is 3.84. The molecule has 0 aromatic rings. The Bertz CT molecular complexity index is 138. The van der Waals surface area contributed by atoms with Crippen LogP contribution in [-0.2, 0) is 0 Å². The van der Waals surface area contributed by atoms with Gasteiger partial charge in [-0.15, -0.1) is 0 Å². The van der Waals surface area contributed by atoms with Crippen LogP contribution in [-0.4, -0.2) is 12.6 Å². The zero-order valence-electron chi connectivity index (χ0n) is 8.18. The highest BCUT2D eigenvalue weighted by molar-refractivity contribution is 4.86. The SMILES string of the molecule is CC1NCCC1C1CCCCC1. The summed E-state index contributed by atoms with van der Waals surface area (Å²) in [5, 5.41) is 3.57. The minimum atomic E-state index is 0.799. The fourth-order valence-electron chi connectivity index (χ4n) is 3.09. The van der Waals surface area contributed by atoms with Crippen LogP contribution < -0.4 is 5.32 Å². The summed E-state index contributed by atoms with van der Waals surface area (Å²) in [5.41, 5.74) is 0. The summed E-state index contributed by atoms with van der Waals surface area (Å²) >= 11 is 0. The summed E-state index contributed by atoms with van der Waals surface area (Å²) in [6, 6.07) is 0.799. The molecule has 1 heterocycles. The first-order chi connectivity index (χ1) is 5.88. The Morgan fingerprint density at radius 1 is 1.00 bits per heavy atom. The van der Waals surface area contributed by atoms with E-state index in [0.717, 1.165) is 17.9 Å². The topological polar surface area (TPSA) is 12.0 Å². The standard InChI is InChI=1S/C11H21N/c1-9-11(7-8-12-9)10-5-3-2-4-6-10/h9-12H,2-8H2,1H3. The smallest absolute Gasteiger partial charge is 0.00701 e. The molecule has 2 rings (SSSR count). The molecule has 2 aliphatic rings. The van der Waals surface area contributed by atoms with Crippen molar-refractivity contribution in [3.05, 3.63) is 0 Å². The van der Waals surface area contributed by atoms with E-state index in [1.54, 1.807) is 0 Å². The highest BCUT2D eigenvalue weighted by atomic mass is 14.9. The summed E-state index contributed by atoms with van der Waals surface area (Å²) < 4.78 is 0. The van der Waals surface area contributed by atoms with Gasteiger partial charge in [-0.25, -0.2) is 0 Å². The predicted molar refractivity (Wildman–Crippen MR) is 52.1 cm³/mol. The monoisotopic (exact) mass is 167 g/mol. The van der Waals surface area contributed by atoms with E-state index >= 15 is 0 Å². The lowest BCUT2D eigenvalue weighted by Gasteiger charge is -2.29. The number of hydrogen-bond acceptors (Lipinski definition) is 1. The van der Waals surface area contributed by atoms with Crippen LogP contribution in [0.5, 0.6) is 0 Å². The third kappa shape index (κ3) is 1.66. The first-order valence-corrected chi connectivity index (χ1v) is 5.61. The molecular weight excluding hydrogens is 146 g/mol. The quantitative estimate of drug-likeness (QED) is 0.633. The van der Waals surface area contributed by atoms with Gasteiger partial charge in [0.1, 0.15) is 0 Å². The van der Waals surface area contributed by atoms with Gasteiger partial charge in [0.25, 0.3) is 0 Å². The van der Waals surface area contributed by atoms with E-state index in [1.165, 1.54) is 45.1 Å². The third-order valence-electron chi connectivity index (χ3n) is 3.84. The summed E-state index contributed by atoms with van der Waals surface area (Å²) in [6.07, 6.45) is 8.94. The average molecular weight is 167 g/mol. The van der Waals surface area contributed by atoms with Crippen LogP contribution in [0, 0.1) is 11.8 Å². The van der Waals surface area contributed by atoms with Crippen LogP contribution >= 0.6 is 0 Å². The summed E-state index contributed by atoms with van der Waals surface area (Å²) in [6.45, 7) is 3.63. The number of nitrogens with one attached hydrogen (secondary N) is 1. The molecule has 1 aliphatic heterocycles. The first-order valence-electron chi connectivity index (χ1n) is 5.61. The molecule has 0 spiro atoms. The van der Waals surface area contributed by atoms with E-state index in [0.29, 0.717) is 0 Å². The van der Waals surface area contributed by atoms with E-state index in [2.05, 4.69) is 12.2 Å². The molecule has 12 heavy (non-hydrogen) atoms. The highest BCUT2D eigenvalue weighted by Crippen LogP contribution is 2.35. The van der Waals surface area contributed by atoms with E-state index < -0.39 is 0 Å². The van der Waals surface area contributed by atoms with E-state index in [9.17, 15) is 0 Å². The van der Waals surface area contributed by atoms with Crippen LogP contribution in [0.25, 0.3) is 0 Å². The Kier molecular flexibility index (Phi) is 2.69. The lowest BCUT2D eigenvalue weighted by molar-refractivity contribution is 0.235. The van der Waals surface area contributed by atoms with Gasteiger partial charge in [-0.1, -0.05) is 32.1 Å². The number of rotatable bonds is 1.